The Morgan fingerprint density at radius 1 is 1.03 bits per heavy atom. The summed E-state index contributed by atoms with van der Waals surface area (Å²) in [6, 6.07) is 7.24. The summed E-state index contributed by atoms with van der Waals surface area (Å²) in [7, 11) is 0. The topological polar surface area (TPSA) is 94.6 Å². The van der Waals surface area contributed by atoms with Gasteiger partial charge >= 0.3 is 6.03 Å². The van der Waals surface area contributed by atoms with E-state index in [0.717, 1.165) is 24.5 Å². The zero-order valence-electron chi connectivity index (χ0n) is 20.3. The molecule has 0 radical (unpaired) electrons. The summed E-state index contributed by atoms with van der Waals surface area (Å²) in [6.45, 7) is 6.37. The molecule has 2 saturated heterocycles. The Morgan fingerprint density at radius 3 is 2.34 bits per heavy atom. The van der Waals surface area contributed by atoms with Gasteiger partial charge < -0.3 is 15.1 Å². The summed E-state index contributed by atoms with van der Waals surface area (Å²) in [4.78, 5) is 46.4. The Morgan fingerprint density at radius 2 is 1.74 bits per heavy atom. The molecule has 4 aliphatic rings. The number of anilines is 1. The maximum atomic E-state index is 13.3. The fraction of sp³-hybridized carbons (Fsp3) is 0.481. The molecule has 0 spiro atoms. The van der Waals surface area contributed by atoms with Crippen molar-refractivity contribution >= 4 is 23.7 Å². The van der Waals surface area contributed by atoms with Crippen molar-refractivity contribution in [3.8, 4) is 0 Å². The molecule has 2 aromatic rings. The number of carbonyl (C=O) groups is 3. The lowest BCUT2D eigenvalue weighted by Gasteiger charge is -2.36. The standard InChI is InChI=1S/C27H31N5O3/c1-16-13-20(27(2)25(34)29-26(35)30-27)7-8-21(16)24(33)32-11-9-31(10-12-32)23-22(18-5-6-18)14-19(15-28-23)17-3-4-17/h7-8,13-15,17-18H,3-6,9-12H2,1-2H3,(H2,29,30,34,35). The number of aryl methyl sites for hydroxylation is 1. The maximum absolute atomic E-state index is 13.3. The highest BCUT2D eigenvalue weighted by Crippen LogP contribution is 2.47. The molecule has 0 bridgehead atoms. The molecule has 1 aromatic heterocycles. The summed E-state index contributed by atoms with van der Waals surface area (Å²) in [6.07, 6.45) is 7.14. The summed E-state index contributed by atoms with van der Waals surface area (Å²) in [5.74, 6) is 2.07. The second kappa shape index (κ2) is 8.07. The first-order valence-corrected chi connectivity index (χ1v) is 12.6. The highest BCUT2D eigenvalue weighted by atomic mass is 16.2. The van der Waals surface area contributed by atoms with Crippen molar-refractivity contribution in [1.29, 1.82) is 0 Å². The van der Waals surface area contributed by atoms with Gasteiger partial charge in [0.15, 0.2) is 0 Å². The van der Waals surface area contributed by atoms with Crippen LogP contribution in [0.15, 0.2) is 30.5 Å². The molecular weight excluding hydrogens is 442 g/mol. The van der Waals surface area contributed by atoms with Gasteiger partial charge in [-0.2, -0.15) is 0 Å². The number of urea groups is 1. The predicted octanol–water partition coefficient (Wildman–Crippen LogP) is 3.16. The molecule has 4 amide bonds. The molecule has 2 aliphatic carbocycles. The van der Waals surface area contributed by atoms with Gasteiger partial charge in [0, 0.05) is 37.9 Å². The van der Waals surface area contributed by atoms with Gasteiger partial charge in [0.2, 0.25) is 0 Å². The lowest BCUT2D eigenvalue weighted by Crippen LogP contribution is -2.49. The molecule has 1 atom stereocenters. The fourth-order valence-corrected chi connectivity index (χ4v) is 5.34. The number of benzene rings is 1. The minimum Gasteiger partial charge on any atom is -0.353 e. The van der Waals surface area contributed by atoms with Crippen LogP contribution < -0.4 is 15.5 Å². The van der Waals surface area contributed by atoms with Crippen molar-refractivity contribution in [2.45, 2.75) is 56.9 Å². The van der Waals surface area contributed by atoms with Crippen molar-refractivity contribution < 1.29 is 14.4 Å². The van der Waals surface area contributed by atoms with E-state index in [-0.39, 0.29) is 11.8 Å². The minimum atomic E-state index is -1.13. The van der Waals surface area contributed by atoms with Crippen LogP contribution in [-0.2, 0) is 10.3 Å². The fourth-order valence-electron chi connectivity index (χ4n) is 5.34. The number of aromatic nitrogens is 1. The third-order valence-electron chi connectivity index (χ3n) is 7.93. The molecule has 4 fully saturated rings. The number of hydrogen-bond donors (Lipinski definition) is 2. The van der Waals surface area contributed by atoms with Crippen LogP contribution in [0.3, 0.4) is 0 Å². The smallest absolute Gasteiger partial charge is 0.322 e. The van der Waals surface area contributed by atoms with E-state index in [9.17, 15) is 14.4 Å². The molecule has 1 aromatic carbocycles. The number of pyridine rings is 1. The van der Waals surface area contributed by atoms with E-state index >= 15 is 0 Å². The number of nitrogens with zero attached hydrogens (tertiary/aromatic N) is 3. The average Bonchev–Trinajstić information content (AvgIpc) is 3.76. The summed E-state index contributed by atoms with van der Waals surface area (Å²) in [5, 5.41) is 4.96. The van der Waals surface area contributed by atoms with Crippen molar-refractivity contribution in [2.75, 3.05) is 31.1 Å². The van der Waals surface area contributed by atoms with Gasteiger partial charge in [-0.25, -0.2) is 9.78 Å². The van der Waals surface area contributed by atoms with Gasteiger partial charge in [-0.3, -0.25) is 14.9 Å². The lowest BCUT2D eigenvalue weighted by atomic mass is 9.89. The zero-order chi connectivity index (χ0) is 24.3. The van der Waals surface area contributed by atoms with Gasteiger partial charge in [0.25, 0.3) is 11.8 Å². The summed E-state index contributed by atoms with van der Waals surface area (Å²) in [5.41, 5.74) is 3.74. The molecule has 8 nitrogen and oxygen atoms in total. The normalized spacial score (nSPS) is 24.4. The van der Waals surface area contributed by atoms with Gasteiger partial charge in [-0.15, -0.1) is 0 Å². The second-order valence-electron chi connectivity index (χ2n) is 10.6. The van der Waals surface area contributed by atoms with E-state index in [1.165, 1.54) is 36.8 Å². The Balaban J connectivity index is 1.15. The van der Waals surface area contributed by atoms with Crippen LogP contribution in [0.5, 0.6) is 0 Å². The van der Waals surface area contributed by atoms with Crippen molar-refractivity contribution in [3.05, 3.63) is 58.3 Å². The number of piperazine rings is 1. The largest absolute Gasteiger partial charge is 0.353 e. The van der Waals surface area contributed by atoms with Crippen LogP contribution in [0.1, 0.15) is 77.1 Å². The molecule has 35 heavy (non-hydrogen) atoms. The van der Waals surface area contributed by atoms with E-state index in [1.807, 2.05) is 17.9 Å². The number of carbonyl (C=O) groups excluding carboxylic acids is 3. The van der Waals surface area contributed by atoms with Crippen LogP contribution in [0, 0.1) is 6.92 Å². The monoisotopic (exact) mass is 473 g/mol. The molecule has 8 heteroatoms. The minimum absolute atomic E-state index is 0.00165. The van der Waals surface area contributed by atoms with E-state index in [0.29, 0.717) is 36.1 Å². The third kappa shape index (κ3) is 3.94. The van der Waals surface area contributed by atoms with Gasteiger partial charge in [-0.05, 0) is 79.7 Å². The van der Waals surface area contributed by atoms with E-state index < -0.39 is 11.6 Å². The maximum Gasteiger partial charge on any atom is 0.322 e. The van der Waals surface area contributed by atoms with Crippen molar-refractivity contribution in [1.82, 2.24) is 20.5 Å². The van der Waals surface area contributed by atoms with Crippen LogP contribution in [0.4, 0.5) is 10.6 Å². The molecular formula is C27H31N5O3. The van der Waals surface area contributed by atoms with Gasteiger partial charge in [-0.1, -0.05) is 18.2 Å². The molecule has 2 N–H and O–H groups in total. The number of amides is 4. The van der Waals surface area contributed by atoms with E-state index in [4.69, 9.17) is 4.98 Å². The molecule has 1 unspecified atom stereocenters. The van der Waals surface area contributed by atoms with Crippen molar-refractivity contribution in [3.63, 3.8) is 0 Å². The third-order valence-corrected chi connectivity index (χ3v) is 7.93. The molecule has 6 rings (SSSR count). The summed E-state index contributed by atoms with van der Waals surface area (Å²) < 4.78 is 0. The number of rotatable bonds is 5. The first-order chi connectivity index (χ1) is 16.8. The first kappa shape index (κ1) is 22.1. The number of nitrogens with one attached hydrogen (secondary N) is 2. The second-order valence-corrected chi connectivity index (χ2v) is 10.6. The Labute approximate surface area is 205 Å². The van der Waals surface area contributed by atoms with Crippen LogP contribution in [0.25, 0.3) is 0 Å². The lowest BCUT2D eigenvalue weighted by molar-refractivity contribution is -0.123. The molecule has 182 valence electrons. The Kier molecular flexibility index (Phi) is 5.09. The van der Waals surface area contributed by atoms with Gasteiger partial charge in [0.05, 0.1) is 0 Å². The average molecular weight is 474 g/mol. The number of hydrogen-bond acceptors (Lipinski definition) is 5. The molecule has 2 aliphatic heterocycles. The van der Waals surface area contributed by atoms with Crippen LogP contribution in [0.2, 0.25) is 0 Å². The summed E-state index contributed by atoms with van der Waals surface area (Å²) >= 11 is 0. The highest BCUT2D eigenvalue weighted by molar-refractivity contribution is 6.07. The highest BCUT2D eigenvalue weighted by Gasteiger charge is 2.43. The SMILES string of the molecule is Cc1cc(C2(C)NC(=O)NC2=O)ccc1C(=O)N1CCN(c2ncc(C3CC3)cc2C2CC2)CC1. The van der Waals surface area contributed by atoms with Crippen LogP contribution >= 0.6 is 0 Å². The Bertz CT molecular complexity index is 1230. The van der Waals surface area contributed by atoms with Crippen molar-refractivity contribution in [2.24, 2.45) is 0 Å². The molecule has 3 heterocycles. The van der Waals surface area contributed by atoms with Gasteiger partial charge in [0.1, 0.15) is 11.4 Å². The van der Waals surface area contributed by atoms with Crippen LogP contribution in [-0.4, -0.2) is 53.9 Å². The van der Waals surface area contributed by atoms with E-state index in [2.05, 4.69) is 27.8 Å². The quantitative estimate of drug-likeness (QED) is 0.651. The molecule has 2 saturated carbocycles. The predicted molar refractivity (Wildman–Crippen MR) is 132 cm³/mol. The number of imide groups is 1. The Hall–Kier alpha value is -3.42. The first-order valence-electron chi connectivity index (χ1n) is 12.6. The zero-order valence-corrected chi connectivity index (χ0v) is 20.3. The van der Waals surface area contributed by atoms with E-state index in [1.54, 1.807) is 19.1 Å².